The van der Waals surface area contributed by atoms with Crippen molar-refractivity contribution < 1.29 is 13.2 Å². The number of hydrogen-bond donors (Lipinski definition) is 0. The Morgan fingerprint density at radius 1 is 0.355 bits per heavy atom. The molecule has 2 aromatic heterocycles. The van der Waals surface area contributed by atoms with Gasteiger partial charge in [-0.05, 0) is 124 Å². The maximum Gasteiger partial charge on any atom is 0.416 e. The molecule has 0 spiro atoms. The van der Waals surface area contributed by atoms with Gasteiger partial charge in [-0.25, -0.2) is 0 Å². The smallest absolute Gasteiger partial charge is 0.308 e. The third-order valence-corrected chi connectivity index (χ3v) is 11.5. The second-order valence-electron chi connectivity index (χ2n) is 15.0. The summed E-state index contributed by atoms with van der Waals surface area (Å²) in [5.41, 5.74) is 8.40. The van der Waals surface area contributed by atoms with Gasteiger partial charge in [-0.2, -0.15) is 34.2 Å². The quantitative estimate of drug-likeness (QED) is 0.173. The molecule has 0 aliphatic heterocycles. The van der Waals surface area contributed by atoms with E-state index < -0.39 is 11.7 Å². The van der Waals surface area contributed by atoms with E-state index in [0.29, 0.717) is 28.1 Å². The number of para-hydroxylation sites is 2. The number of halogens is 3. The Hall–Kier alpha value is -8.89. The number of aromatic nitrogens is 2. The number of nitrogens with zero attached hydrogens (tertiary/aromatic N) is 6. The van der Waals surface area contributed by atoms with Gasteiger partial charge in [-0.15, -0.1) is 0 Å². The van der Waals surface area contributed by atoms with Crippen LogP contribution in [-0.2, 0) is 6.18 Å². The summed E-state index contributed by atoms with van der Waals surface area (Å²) in [5, 5.41) is 43.6. The predicted molar refractivity (Wildman–Crippen MR) is 235 cm³/mol. The van der Waals surface area contributed by atoms with Crippen LogP contribution in [0.1, 0.15) is 27.8 Å². The SMILES string of the molecule is N#Cc1ccc(-c2ccc3c(c2)c2ccccc2n3-c2cc(-c3cc(C#N)cc(C(F)(F)F)c3)cc(-n3c4ccccc4c4cc(-c5ccc(C#N)cc5)ccc43)c2C#N)cc1. The van der Waals surface area contributed by atoms with Crippen LogP contribution in [0.3, 0.4) is 0 Å². The van der Waals surface area contributed by atoms with Crippen LogP contribution < -0.4 is 0 Å². The number of hydrogen-bond acceptors (Lipinski definition) is 4. The molecule has 10 rings (SSSR count). The van der Waals surface area contributed by atoms with Crippen LogP contribution in [-0.4, -0.2) is 9.13 Å². The van der Waals surface area contributed by atoms with Crippen LogP contribution in [0.2, 0.25) is 0 Å². The first-order valence-electron chi connectivity index (χ1n) is 19.5. The summed E-state index contributed by atoms with van der Waals surface area (Å²) in [4.78, 5) is 0. The normalized spacial score (nSPS) is 11.4. The molecule has 6 nitrogen and oxygen atoms in total. The van der Waals surface area contributed by atoms with Gasteiger partial charge in [0.1, 0.15) is 11.6 Å². The van der Waals surface area contributed by atoms with Crippen molar-refractivity contribution in [2.45, 2.75) is 6.18 Å². The van der Waals surface area contributed by atoms with E-state index in [2.05, 4.69) is 30.3 Å². The lowest BCUT2D eigenvalue weighted by atomic mass is 9.96. The van der Waals surface area contributed by atoms with E-state index in [1.807, 2.05) is 112 Å². The monoisotopic (exact) mass is 804 g/mol. The number of nitriles is 4. The Morgan fingerprint density at radius 3 is 1.21 bits per heavy atom. The zero-order valence-corrected chi connectivity index (χ0v) is 32.4. The van der Waals surface area contributed by atoms with Gasteiger partial charge in [0.2, 0.25) is 0 Å². The van der Waals surface area contributed by atoms with E-state index in [1.165, 1.54) is 6.07 Å². The Balaban J connectivity index is 1.29. The molecule has 290 valence electrons. The van der Waals surface area contributed by atoms with Crippen LogP contribution in [0.5, 0.6) is 0 Å². The molecule has 8 aromatic carbocycles. The minimum atomic E-state index is -4.72. The molecule has 10 aromatic rings. The lowest BCUT2D eigenvalue weighted by molar-refractivity contribution is -0.137. The van der Waals surface area contributed by atoms with Crippen LogP contribution in [0.25, 0.3) is 88.4 Å². The van der Waals surface area contributed by atoms with Crippen LogP contribution >= 0.6 is 0 Å². The molecule has 0 saturated heterocycles. The summed E-state index contributed by atoms with van der Waals surface area (Å²) in [6, 6.07) is 57.8. The molecule has 0 aliphatic rings. The fourth-order valence-corrected chi connectivity index (χ4v) is 8.57. The predicted octanol–water partition coefficient (Wildman–Crippen LogP) is 13.4. The lowest BCUT2D eigenvalue weighted by Crippen LogP contribution is -2.07. The zero-order chi connectivity index (χ0) is 42.7. The Bertz CT molecular complexity index is 3460. The van der Waals surface area contributed by atoms with Gasteiger partial charge in [0, 0.05) is 21.5 Å². The van der Waals surface area contributed by atoms with Crippen molar-refractivity contribution in [3.8, 4) is 69.0 Å². The average Bonchev–Trinajstić information content (AvgIpc) is 3.82. The van der Waals surface area contributed by atoms with Gasteiger partial charge in [0.05, 0.1) is 73.9 Å². The maximum atomic E-state index is 14.4. The summed E-state index contributed by atoms with van der Waals surface area (Å²) in [6.45, 7) is 0. The van der Waals surface area contributed by atoms with Crippen molar-refractivity contribution in [3.05, 3.63) is 192 Å². The first-order valence-corrected chi connectivity index (χ1v) is 19.5. The fourth-order valence-electron chi connectivity index (χ4n) is 8.57. The van der Waals surface area contributed by atoms with E-state index in [0.717, 1.165) is 78.0 Å². The average molecular weight is 805 g/mol. The molecule has 0 saturated carbocycles. The standard InChI is InChI=1S/C53H27F3N6/c54-53(55,56)41-22-34(30-59)21-39(23-41)40-26-51(61-47-7-3-1-5-42(47)44-24-37(17-19-49(44)61)35-13-9-32(28-57)10-14-35)46(31-60)52(27-40)62-48-8-4-2-6-43(48)45-25-38(18-20-50(45)62)36-15-11-33(29-58)12-16-36/h1-27H. The van der Waals surface area contributed by atoms with Crippen molar-refractivity contribution in [3.63, 3.8) is 0 Å². The molecule has 0 atom stereocenters. The molecule has 0 unspecified atom stereocenters. The molecule has 0 fully saturated rings. The van der Waals surface area contributed by atoms with Crippen molar-refractivity contribution >= 4 is 43.6 Å². The molecule has 0 bridgehead atoms. The molecule has 62 heavy (non-hydrogen) atoms. The van der Waals surface area contributed by atoms with Crippen molar-refractivity contribution in [2.75, 3.05) is 0 Å². The number of rotatable bonds is 5. The third-order valence-electron chi connectivity index (χ3n) is 11.5. The van der Waals surface area contributed by atoms with Crippen molar-refractivity contribution in [1.29, 1.82) is 21.0 Å². The van der Waals surface area contributed by atoms with Gasteiger partial charge < -0.3 is 9.13 Å². The summed E-state index contributed by atoms with van der Waals surface area (Å²) in [5.74, 6) is 0. The summed E-state index contributed by atoms with van der Waals surface area (Å²) < 4.78 is 47.2. The van der Waals surface area contributed by atoms with E-state index >= 15 is 0 Å². The minimum absolute atomic E-state index is 0.151. The van der Waals surface area contributed by atoms with Crippen LogP contribution in [0.4, 0.5) is 13.2 Å². The summed E-state index contributed by atoms with van der Waals surface area (Å²) in [7, 11) is 0. The van der Waals surface area contributed by atoms with E-state index in [1.54, 1.807) is 36.4 Å². The molecule has 0 radical (unpaired) electrons. The highest BCUT2D eigenvalue weighted by Crippen LogP contribution is 2.43. The largest absolute Gasteiger partial charge is 0.416 e. The van der Waals surface area contributed by atoms with Crippen LogP contribution in [0, 0.1) is 45.3 Å². The summed E-state index contributed by atoms with van der Waals surface area (Å²) >= 11 is 0. The highest BCUT2D eigenvalue weighted by atomic mass is 19.4. The minimum Gasteiger partial charge on any atom is -0.308 e. The second kappa shape index (κ2) is 14.4. The molecule has 9 heteroatoms. The Kier molecular flexibility index (Phi) is 8.70. The Morgan fingerprint density at radius 2 is 0.774 bits per heavy atom. The van der Waals surface area contributed by atoms with Gasteiger partial charge in [-0.1, -0.05) is 72.8 Å². The van der Waals surface area contributed by atoms with Gasteiger partial charge in [0.25, 0.3) is 0 Å². The third kappa shape index (κ3) is 6.09. The van der Waals surface area contributed by atoms with Gasteiger partial charge in [0.15, 0.2) is 0 Å². The highest BCUT2D eigenvalue weighted by molar-refractivity contribution is 6.12. The number of fused-ring (bicyclic) bond motifs is 6. The summed E-state index contributed by atoms with van der Waals surface area (Å²) in [6.07, 6.45) is -4.72. The second-order valence-corrected chi connectivity index (χ2v) is 15.0. The van der Waals surface area contributed by atoms with Crippen molar-refractivity contribution in [1.82, 2.24) is 9.13 Å². The van der Waals surface area contributed by atoms with Crippen LogP contribution in [0.15, 0.2) is 164 Å². The van der Waals surface area contributed by atoms with Gasteiger partial charge >= 0.3 is 6.18 Å². The topological polar surface area (TPSA) is 105 Å². The molecule has 0 amide bonds. The molecular formula is C53H27F3N6. The van der Waals surface area contributed by atoms with E-state index in [4.69, 9.17) is 0 Å². The van der Waals surface area contributed by atoms with Gasteiger partial charge in [-0.3, -0.25) is 0 Å². The zero-order valence-electron chi connectivity index (χ0n) is 32.4. The first kappa shape index (κ1) is 37.4. The molecule has 0 aliphatic carbocycles. The van der Waals surface area contributed by atoms with E-state index in [-0.39, 0.29) is 16.7 Å². The molecule has 2 heterocycles. The number of alkyl halides is 3. The lowest BCUT2D eigenvalue weighted by Gasteiger charge is -2.19. The molecular weight excluding hydrogens is 778 g/mol. The highest BCUT2D eigenvalue weighted by Gasteiger charge is 2.32. The fraction of sp³-hybridized carbons (Fsp3) is 0.0189. The maximum absolute atomic E-state index is 14.4. The first-order chi connectivity index (χ1) is 30.2. The van der Waals surface area contributed by atoms with Crippen molar-refractivity contribution in [2.24, 2.45) is 0 Å². The van der Waals surface area contributed by atoms with E-state index in [9.17, 15) is 34.2 Å². The molecule has 0 N–H and O–H groups in total. The Labute approximate surface area is 352 Å². The number of benzene rings is 8.